The Morgan fingerprint density at radius 2 is 0.672 bits per heavy atom. The lowest BCUT2D eigenvalue weighted by atomic mass is 9.98. The molecule has 0 spiro atoms. The maximum atomic E-state index is 7.12. The molecule has 61 heavy (non-hydrogen) atoms. The Morgan fingerprint density at radius 3 is 1.23 bits per heavy atom. The van der Waals surface area contributed by atoms with Gasteiger partial charge in [-0.05, 0) is 84.2 Å². The van der Waals surface area contributed by atoms with Crippen molar-refractivity contribution in [2.24, 2.45) is 0 Å². The zero-order chi connectivity index (χ0) is 40.0. The molecule has 13 aromatic rings. The second kappa shape index (κ2) is 13.1. The van der Waals surface area contributed by atoms with Crippen molar-refractivity contribution in [2.45, 2.75) is 0 Å². The molecule has 13 rings (SSSR count). The Morgan fingerprint density at radius 1 is 0.246 bits per heavy atom. The third-order valence-corrected chi connectivity index (χ3v) is 12.2. The highest BCUT2D eigenvalue weighted by molar-refractivity contribution is 6.28. The van der Waals surface area contributed by atoms with E-state index < -0.39 is 0 Å². The molecule has 0 saturated heterocycles. The first-order valence-corrected chi connectivity index (χ1v) is 20.6. The average Bonchev–Trinajstić information content (AvgIpc) is 4.01. The molecule has 0 fully saturated rings. The van der Waals surface area contributed by atoms with Gasteiger partial charge in [0.15, 0.2) is 0 Å². The van der Waals surface area contributed by atoms with Gasteiger partial charge in [0.1, 0.15) is 33.5 Å². The molecule has 0 bridgehead atoms. The molecule has 0 amide bonds. The summed E-state index contributed by atoms with van der Waals surface area (Å²) >= 11 is 0. The molecule has 0 aliphatic heterocycles. The minimum Gasteiger partial charge on any atom is -0.456 e. The van der Waals surface area contributed by atoms with Gasteiger partial charge < -0.3 is 23.1 Å². The van der Waals surface area contributed by atoms with Gasteiger partial charge in [-0.25, -0.2) is 0 Å². The smallest absolute Gasteiger partial charge is 0.143 e. The van der Waals surface area contributed by atoms with Crippen LogP contribution in [0.25, 0.3) is 87.4 Å². The first kappa shape index (κ1) is 33.7. The summed E-state index contributed by atoms with van der Waals surface area (Å²) in [6.45, 7) is 0. The van der Waals surface area contributed by atoms with Crippen LogP contribution in [0.15, 0.2) is 220 Å². The number of fused-ring (bicyclic) bond motifs is 13. The highest BCUT2D eigenvalue weighted by Gasteiger charge is 2.25. The van der Waals surface area contributed by atoms with E-state index in [1.54, 1.807) is 0 Å². The number of nitrogens with zero attached hydrogens (tertiary/aromatic N) is 2. The number of rotatable bonds is 6. The number of hydrogen-bond acceptors (Lipinski definition) is 5. The van der Waals surface area contributed by atoms with Gasteiger partial charge in [0.25, 0.3) is 0 Å². The molecule has 0 atom stereocenters. The molecule has 0 N–H and O–H groups in total. The third kappa shape index (κ3) is 5.14. The largest absolute Gasteiger partial charge is 0.456 e. The second-order valence-electron chi connectivity index (χ2n) is 15.6. The molecule has 0 aliphatic rings. The van der Waals surface area contributed by atoms with E-state index in [0.717, 1.165) is 121 Å². The fourth-order valence-electron chi connectivity index (χ4n) is 9.51. The zero-order valence-corrected chi connectivity index (χ0v) is 32.7. The highest BCUT2D eigenvalue weighted by atomic mass is 16.3. The first-order chi connectivity index (χ1) is 30.2. The lowest BCUT2D eigenvalue weighted by Gasteiger charge is -2.27. The predicted molar refractivity (Wildman–Crippen MR) is 253 cm³/mol. The molecular weight excluding hydrogens is 749 g/mol. The van der Waals surface area contributed by atoms with Crippen molar-refractivity contribution >= 4 is 121 Å². The Kier molecular flexibility index (Phi) is 7.24. The maximum absolute atomic E-state index is 7.12. The fourth-order valence-corrected chi connectivity index (χ4v) is 9.51. The van der Waals surface area contributed by atoms with Gasteiger partial charge in [-0.15, -0.1) is 0 Å². The average molecular weight is 783 g/mol. The van der Waals surface area contributed by atoms with Gasteiger partial charge in [0.05, 0.1) is 11.4 Å². The number of benzene rings is 10. The Bertz CT molecular complexity index is 3840. The molecular formula is C56H34N2O3. The number of para-hydroxylation sites is 4. The van der Waals surface area contributed by atoms with Crippen LogP contribution in [0.5, 0.6) is 0 Å². The molecule has 0 saturated carbocycles. The standard InChI is InChI=1S/C56H34N2O3/c1-3-15-35(16-4-1)57(37-27-29-52-45(31-37)41-21-11-13-25-50(41)59-52)48-33-47-55-43-23-9-7-19-39(43)49(34-54(55)61-56(47)44-24-10-8-20-40(44)48)58(36-17-5-2-6-18-36)38-28-30-53-46(32-38)42-22-12-14-26-51(42)60-53/h1-34H. The summed E-state index contributed by atoms with van der Waals surface area (Å²) in [6, 6.07) is 72.5. The lowest BCUT2D eigenvalue weighted by Crippen LogP contribution is -2.10. The summed E-state index contributed by atoms with van der Waals surface area (Å²) < 4.78 is 19.7. The van der Waals surface area contributed by atoms with Gasteiger partial charge in [-0.2, -0.15) is 0 Å². The van der Waals surface area contributed by atoms with Crippen molar-refractivity contribution in [1.29, 1.82) is 0 Å². The van der Waals surface area contributed by atoms with E-state index in [2.05, 4.69) is 192 Å². The first-order valence-electron chi connectivity index (χ1n) is 20.6. The van der Waals surface area contributed by atoms with E-state index in [1.807, 2.05) is 24.3 Å². The summed E-state index contributed by atoms with van der Waals surface area (Å²) in [7, 11) is 0. The molecule has 5 nitrogen and oxygen atoms in total. The molecule has 10 aromatic carbocycles. The van der Waals surface area contributed by atoms with Crippen molar-refractivity contribution in [3.05, 3.63) is 206 Å². The SMILES string of the molecule is c1ccc(N(c2ccc3oc4ccccc4c3c2)c2cc3c(oc4cc(N(c5ccccc5)c5ccc6oc7ccccc7c6c5)c5ccccc5c43)c3ccccc23)cc1. The van der Waals surface area contributed by atoms with Crippen molar-refractivity contribution in [1.82, 2.24) is 0 Å². The summed E-state index contributed by atoms with van der Waals surface area (Å²) in [5, 5.41) is 10.8. The van der Waals surface area contributed by atoms with Crippen LogP contribution >= 0.6 is 0 Å². The van der Waals surface area contributed by atoms with Crippen LogP contribution in [0.2, 0.25) is 0 Å². The van der Waals surface area contributed by atoms with Crippen LogP contribution in [-0.4, -0.2) is 0 Å². The molecule has 3 aromatic heterocycles. The van der Waals surface area contributed by atoms with Gasteiger partial charge in [0, 0.05) is 77.3 Å². The molecule has 0 radical (unpaired) electrons. The monoisotopic (exact) mass is 782 g/mol. The number of anilines is 6. The molecule has 0 aliphatic carbocycles. The van der Waals surface area contributed by atoms with Crippen molar-refractivity contribution in [3.63, 3.8) is 0 Å². The van der Waals surface area contributed by atoms with Gasteiger partial charge in [-0.3, -0.25) is 0 Å². The summed E-state index contributed by atoms with van der Waals surface area (Å²) in [5.41, 5.74) is 11.4. The Balaban J connectivity index is 1.08. The van der Waals surface area contributed by atoms with Crippen LogP contribution in [0, 0.1) is 0 Å². The minimum absolute atomic E-state index is 0.819. The van der Waals surface area contributed by atoms with Crippen LogP contribution < -0.4 is 9.80 Å². The normalized spacial score (nSPS) is 11.9. The summed E-state index contributed by atoms with van der Waals surface area (Å²) in [4.78, 5) is 4.71. The van der Waals surface area contributed by atoms with E-state index >= 15 is 0 Å². The van der Waals surface area contributed by atoms with Crippen molar-refractivity contribution in [3.8, 4) is 0 Å². The number of furan rings is 3. The summed E-state index contributed by atoms with van der Waals surface area (Å²) in [5.74, 6) is 0. The van der Waals surface area contributed by atoms with Crippen LogP contribution in [0.1, 0.15) is 0 Å². The molecule has 3 heterocycles. The van der Waals surface area contributed by atoms with Crippen LogP contribution in [0.4, 0.5) is 34.1 Å². The Labute approximate surface area is 349 Å². The van der Waals surface area contributed by atoms with E-state index in [1.165, 1.54) is 0 Å². The summed E-state index contributed by atoms with van der Waals surface area (Å²) in [6.07, 6.45) is 0. The minimum atomic E-state index is 0.819. The van der Waals surface area contributed by atoms with Crippen molar-refractivity contribution in [2.75, 3.05) is 9.80 Å². The second-order valence-corrected chi connectivity index (χ2v) is 15.6. The van der Waals surface area contributed by atoms with Gasteiger partial charge in [0.2, 0.25) is 0 Å². The van der Waals surface area contributed by atoms with E-state index in [4.69, 9.17) is 13.3 Å². The lowest BCUT2D eigenvalue weighted by molar-refractivity contribution is 0.668. The van der Waals surface area contributed by atoms with E-state index in [-0.39, 0.29) is 0 Å². The van der Waals surface area contributed by atoms with Gasteiger partial charge in [-0.1, -0.05) is 121 Å². The van der Waals surface area contributed by atoms with E-state index in [9.17, 15) is 0 Å². The molecule has 286 valence electrons. The predicted octanol–water partition coefficient (Wildman–Crippen LogP) is 16.6. The highest BCUT2D eigenvalue weighted by Crippen LogP contribution is 2.49. The van der Waals surface area contributed by atoms with Crippen LogP contribution in [-0.2, 0) is 0 Å². The maximum Gasteiger partial charge on any atom is 0.143 e. The topological polar surface area (TPSA) is 45.9 Å². The number of hydrogen-bond donors (Lipinski definition) is 0. The molecule has 0 unspecified atom stereocenters. The van der Waals surface area contributed by atoms with E-state index in [0.29, 0.717) is 0 Å². The fraction of sp³-hybridized carbons (Fsp3) is 0. The zero-order valence-electron chi connectivity index (χ0n) is 32.7. The Hall–Kier alpha value is -8.28. The van der Waals surface area contributed by atoms with Crippen molar-refractivity contribution < 1.29 is 13.3 Å². The van der Waals surface area contributed by atoms with Gasteiger partial charge >= 0.3 is 0 Å². The quantitative estimate of drug-likeness (QED) is 0.168. The third-order valence-electron chi connectivity index (χ3n) is 12.2. The molecule has 5 heteroatoms. The van der Waals surface area contributed by atoms with Crippen LogP contribution in [0.3, 0.4) is 0 Å².